The first-order valence-electron chi connectivity index (χ1n) is 6.18. The molecule has 0 unspecified atom stereocenters. The van der Waals surface area contributed by atoms with Crippen molar-refractivity contribution >= 4 is 11.6 Å². The summed E-state index contributed by atoms with van der Waals surface area (Å²) in [6, 6.07) is 0.764. The molecule has 14 heavy (non-hydrogen) atoms. The zero-order chi connectivity index (χ0) is 9.86. The fourth-order valence-corrected chi connectivity index (χ4v) is 3.39. The summed E-state index contributed by atoms with van der Waals surface area (Å²) in [6.07, 6.45) is 12.3. The van der Waals surface area contributed by atoms with Crippen LogP contribution in [0.3, 0.4) is 0 Å². The van der Waals surface area contributed by atoms with E-state index in [1.165, 1.54) is 57.8 Å². The number of halogens is 1. The maximum absolute atomic E-state index is 6.12. The minimum Gasteiger partial charge on any atom is -0.307 e. The summed E-state index contributed by atoms with van der Waals surface area (Å²) in [7, 11) is 0. The molecule has 1 N–H and O–H groups in total. The van der Waals surface area contributed by atoms with Crippen LogP contribution >= 0.6 is 11.6 Å². The molecular formula is C12H22ClN. The first kappa shape index (κ1) is 10.8. The molecule has 0 aromatic heterocycles. The summed E-state index contributed by atoms with van der Waals surface area (Å²) in [4.78, 5) is 0. The van der Waals surface area contributed by atoms with Gasteiger partial charge in [0, 0.05) is 17.5 Å². The average Bonchev–Trinajstić information content (AvgIpc) is 2.69. The Bertz CT molecular complexity index is 169. The SMILES string of the molecule is ClCC1(NC2CCCCC2)CCCC1. The average molecular weight is 216 g/mol. The smallest absolute Gasteiger partial charge is 0.0406 e. The molecule has 0 amide bonds. The Morgan fingerprint density at radius 3 is 2.21 bits per heavy atom. The number of hydrogen-bond acceptors (Lipinski definition) is 1. The van der Waals surface area contributed by atoms with E-state index in [2.05, 4.69) is 5.32 Å². The summed E-state index contributed by atoms with van der Waals surface area (Å²) < 4.78 is 0. The van der Waals surface area contributed by atoms with Gasteiger partial charge in [-0.25, -0.2) is 0 Å². The van der Waals surface area contributed by atoms with Crippen molar-refractivity contribution in [3.05, 3.63) is 0 Å². The molecule has 0 saturated heterocycles. The van der Waals surface area contributed by atoms with Gasteiger partial charge < -0.3 is 5.32 Å². The Labute approximate surface area is 92.6 Å². The summed E-state index contributed by atoms with van der Waals surface area (Å²) in [5, 5.41) is 3.85. The molecule has 0 aromatic rings. The topological polar surface area (TPSA) is 12.0 Å². The van der Waals surface area contributed by atoms with Crippen LogP contribution in [0.25, 0.3) is 0 Å². The van der Waals surface area contributed by atoms with Crippen molar-refractivity contribution in [2.45, 2.75) is 69.4 Å². The summed E-state index contributed by atoms with van der Waals surface area (Å²) in [6.45, 7) is 0. The van der Waals surface area contributed by atoms with Crippen molar-refractivity contribution in [3.63, 3.8) is 0 Å². The Morgan fingerprint density at radius 1 is 1.00 bits per heavy atom. The van der Waals surface area contributed by atoms with E-state index >= 15 is 0 Å². The molecule has 82 valence electrons. The maximum atomic E-state index is 6.12. The van der Waals surface area contributed by atoms with Gasteiger partial charge in [0.25, 0.3) is 0 Å². The predicted octanol–water partition coefficient (Wildman–Crippen LogP) is 3.46. The van der Waals surface area contributed by atoms with E-state index in [-0.39, 0.29) is 0 Å². The van der Waals surface area contributed by atoms with Crippen LogP contribution in [0.5, 0.6) is 0 Å². The van der Waals surface area contributed by atoms with Crippen molar-refractivity contribution in [2.75, 3.05) is 5.88 Å². The minimum atomic E-state index is 0.309. The van der Waals surface area contributed by atoms with Crippen molar-refractivity contribution in [2.24, 2.45) is 0 Å². The third-order valence-electron chi connectivity index (χ3n) is 3.93. The zero-order valence-corrected chi connectivity index (χ0v) is 9.78. The van der Waals surface area contributed by atoms with Crippen molar-refractivity contribution < 1.29 is 0 Å². The van der Waals surface area contributed by atoms with Crippen molar-refractivity contribution in [1.29, 1.82) is 0 Å². The van der Waals surface area contributed by atoms with Gasteiger partial charge in [-0.2, -0.15) is 0 Å². The van der Waals surface area contributed by atoms with Crippen LogP contribution in [0.4, 0.5) is 0 Å². The number of hydrogen-bond donors (Lipinski definition) is 1. The second kappa shape index (κ2) is 4.85. The summed E-state index contributed by atoms with van der Waals surface area (Å²) in [5.74, 6) is 0.809. The van der Waals surface area contributed by atoms with E-state index in [0.29, 0.717) is 5.54 Å². The lowest BCUT2D eigenvalue weighted by Crippen LogP contribution is -2.50. The monoisotopic (exact) mass is 215 g/mol. The van der Waals surface area contributed by atoms with Crippen LogP contribution in [0, 0.1) is 0 Å². The Hall–Kier alpha value is 0.250. The molecule has 0 radical (unpaired) electrons. The molecule has 2 heteroatoms. The number of nitrogens with one attached hydrogen (secondary N) is 1. The van der Waals surface area contributed by atoms with Crippen LogP contribution in [-0.2, 0) is 0 Å². The van der Waals surface area contributed by atoms with Crippen LogP contribution in [-0.4, -0.2) is 17.5 Å². The van der Waals surface area contributed by atoms with Gasteiger partial charge in [0.05, 0.1) is 0 Å². The van der Waals surface area contributed by atoms with Gasteiger partial charge in [-0.15, -0.1) is 11.6 Å². The predicted molar refractivity (Wildman–Crippen MR) is 61.9 cm³/mol. The lowest BCUT2D eigenvalue weighted by atomic mass is 9.91. The Kier molecular flexibility index (Phi) is 3.73. The van der Waals surface area contributed by atoms with Gasteiger partial charge in [0.2, 0.25) is 0 Å². The Balaban J connectivity index is 1.86. The number of alkyl halides is 1. The van der Waals surface area contributed by atoms with Gasteiger partial charge in [-0.3, -0.25) is 0 Å². The van der Waals surface area contributed by atoms with Crippen LogP contribution in [0.2, 0.25) is 0 Å². The molecule has 2 rings (SSSR count). The standard InChI is InChI=1S/C12H22ClN/c13-10-12(8-4-5-9-12)14-11-6-2-1-3-7-11/h11,14H,1-10H2. The van der Waals surface area contributed by atoms with Crippen molar-refractivity contribution in [3.8, 4) is 0 Å². The quantitative estimate of drug-likeness (QED) is 0.712. The molecular weight excluding hydrogens is 194 g/mol. The lowest BCUT2D eigenvalue weighted by Gasteiger charge is -2.35. The first-order valence-corrected chi connectivity index (χ1v) is 6.72. The fraction of sp³-hybridized carbons (Fsp3) is 1.00. The molecule has 0 atom stereocenters. The molecule has 2 aliphatic carbocycles. The molecule has 2 saturated carbocycles. The van der Waals surface area contributed by atoms with E-state index in [4.69, 9.17) is 11.6 Å². The van der Waals surface area contributed by atoms with Gasteiger partial charge in [-0.1, -0.05) is 32.1 Å². The third-order valence-corrected chi connectivity index (χ3v) is 4.44. The number of rotatable bonds is 3. The highest BCUT2D eigenvalue weighted by Gasteiger charge is 2.34. The van der Waals surface area contributed by atoms with Gasteiger partial charge >= 0.3 is 0 Å². The second-order valence-corrected chi connectivity index (χ2v) is 5.37. The van der Waals surface area contributed by atoms with Gasteiger partial charge in [0.1, 0.15) is 0 Å². The van der Waals surface area contributed by atoms with Crippen molar-refractivity contribution in [1.82, 2.24) is 5.32 Å². The zero-order valence-electron chi connectivity index (χ0n) is 9.03. The summed E-state index contributed by atoms with van der Waals surface area (Å²) >= 11 is 6.12. The van der Waals surface area contributed by atoms with Gasteiger partial charge in [-0.05, 0) is 25.7 Å². The summed E-state index contributed by atoms with van der Waals surface area (Å²) in [5.41, 5.74) is 0.309. The molecule has 0 aliphatic heterocycles. The minimum absolute atomic E-state index is 0.309. The van der Waals surface area contributed by atoms with Crippen LogP contribution in [0.15, 0.2) is 0 Å². The van der Waals surface area contributed by atoms with E-state index < -0.39 is 0 Å². The molecule has 0 spiro atoms. The molecule has 2 aliphatic rings. The molecule has 0 bridgehead atoms. The van der Waals surface area contributed by atoms with Gasteiger partial charge in [0.15, 0.2) is 0 Å². The normalized spacial score (nSPS) is 28.1. The highest BCUT2D eigenvalue weighted by molar-refractivity contribution is 6.18. The second-order valence-electron chi connectivity index (χ2n) is 5.10. The molecule has 2 fully saturated rings. The van der Waals surface area contributed by atoms with E-state index in [9.17, 15) is 0 Å². The first-order chi connectivity index (χ1) is 6.85. The highest BCUT2D eigenvalue weighted by atomic mass is 35.5. The molecule has 1 nitrogen and oxygen atoms in total. The largest absolute Gasteiger partial charge is 0.307 e. The van der Waals surface area contributed by atoms with E-state index in [1.807, 2.05) is 0 Å². The fourth-order valence-electron chi connectivity index (χ4n) is 3.05. The Morgan fingerprint density at radius 2 is 1.64 bits per heavy atom. The third kappa shape index (κ3) is 2.43. The van der Waals surface area contributed by atoms with E-state index in [0.717, 1.165) is 11.9 Å². The van der Waals surface area contributed by atoms with Crippen LogP contribution in [0.1, 0.15) is 57.8 Å². The maximum Gasteiger partial charge on any atom is 0.0406 e. The van der Waals surface area contributed by atoms with E-state index in [1.54, 1.807) is 0 Å². The molecule has 0 aromatic carbocycles. The van der Waals surface area contributed by atoms with Crippen LogP contribution < -0.4 is 5.32 Å². The molecule has 0 heterocycles. The highest BCUT2D eigenvalue weighted by Crippen LogP contribution is 2.32. The lowest BCUT2D eigenvalue weighted by molar-refractivity contribution is 0.270.